The Morgan fingerprint density at radius 3 is 1.62 bits per heavy atom. The average molecular weight is 189 g/mol. The summed E-state index contributed by atoms with van der Waals surface area (Å²) < 4.78 is 5.06. The standard InChI is InChI=1S/C8H16O2.C2H7N/c1-6(2)7(9)10-8(3,4)5;1-3-2/h6H,1-5H3;3H,1-2H3. The summed E-state index contributed by atoms with van der Waals surface area (Å²) in [7, 11) is 3.75. The monoisotopic (exact) mass is 189 g/mol. The topological polar surface area (TPSA) is 38.3 Å². The van der Waals surface area contributed by atoms with Crippen molar-refractivity contribution in [2.45, 2.75) is 40.2 Å². The second-order valence-electron chi connectivity index (χ2n) is 4.19. The predicted octanol–water partition coefficient (Wildman–Crippen LogP) is 1.82. The number of esters is 1. The first-order valence-electron chi connectivity index (χ1n) is 4.56. The van der Waals surface area contributed by atoms with E-state index in [1.807, 2.05) is 48.7 Å². The number of hydrogen-bond donors (Lipinski definition) is 1. The molecule has 0 aliphatic rings. The molecule has 0 aromatic carbocycles. The van der Waals surface area contributed by atoms with E-state index in [1.54, 1.807) is 0 Å². The highest BCUT2D eigenvalue weighted by Gasteiger charge is 2.17. The van der Waals surface area contributed by atoms with Crippen molar-refractivity contribution in [3.05, 3.63) is 0 Å². The van der Waals surface area contributed by atoms with E-state index >= 15 is 0 Å². The number of carbonyl (C=O) groups excluding carboxylic acids is 1. The lowest BCUT2D eigenvalue weighted by atomic mass is 10.1. The molecule has 0 saturated carbocycles. The fourth-order valence-corrected chi connectivity index (χ4v) is 0.420. The van der Waals surface area contributed by atoms with Crippen molar-refractivity contribution in [2.75, 3.05) is 14.1 Å². The van der Waals surface area contributed by atoms with Gasteiger partial charge in [-0.05, 0) is 34.9 Å². The van der Waals surface area contributed by atoms with Gasteiger partial charge in [0.2, 0.25) is 0 Å². The fourth-order valence-electron chi connectivity index (χ4n) is 0.420. The van der Waals surface area contributed by atoms with Gasteiger partial charge >= 0.3 is 5.97 Å². The van der Waals surface area contributed by atoms with Crippen molar-refractivity contribution in [1.82, 2.24) is 5.32 Å². The van der Waals surface area contributed by atoms with Crippen molar-refractivity contribution in [2.24, 2.45) is 5.92 Å². The van der Waals surface area contributed by atoms with Crippen molar-refractivity contribution >= 4 is 5.97 Å². The zero-order valence-corrected chi connectivity index (χ0v) is 9.89. The second-order valence-corrected chi connectivity index (χ2v) is 4.19. The lowest BCUT2D eigenvalue weighted by Gasteiger charge is -2.20. The minimum absolute atomic E-state index is 0.0285. The third-order valence-electron chi connectivity index (χ3n) is 0.878. The van der Waals surface area contributed by atoms with Crippen molar-refractivity contribution in [3.63, 3.8) is 0 Å². The molecule has 3 nitrogen and oxygen atoms in total. The Balaban J connectivity index is 0. The molecule has 3 heteroatoms. The summed E-state index contributed by atoms with van der Waals surface area (Å²) in [6, 6.07) is 0. The number of hydrogen-bond acceptors (Lipinski definition) is 3. The molecule has 0 unspecified atom stereocenters. The highest BCUT2D eigenvalue weighted by Crippen LogP contribution is 2.10. The Kier molecular flexibility index (Phi) is 7.92. The minimum atomic E-state index is -0.346. The minimum Gasteiger partial charge on any atom is -0.460 e. The van der Waals surface area contributed by atoms with Gasteiger partial charge in [0, 0.05) is 0 Å². The van der Waals surface area contributed by atoms with Crippen LogP contribution in [0, 0.1) is 5.92 Å². The van der Waals surface area contributed by atoms with Gasteiger partial charge in [-0.3, -0.25) is 4.79 Å². The number of nitrogens with one attached hydrogen (secondary N) is 1. The number of ether oxygens (including phenoxy) is 1. The smallest absolute Gasteiger partial charge is 0.308 e. The maximum atomic E-state index is 10.9. The maximum absolute atomic E-state index is 10.9. The molecule has 0 spiro atoms. The Hall–Kier alpha value is -0.570. The second kappa shape index (κ2) is 6.89. The third-order valence-corrected chi connectivity index (χ3v) is 0.878. The zero-order chi connectivity index (χ0) is 11.1. The molecule has 0 saturated heterocycles. The zero-order valence-electron chi connectivity index (χ0n) is 9.89. The Morgan fingerprint density at radius 1 is 1.23 bits per heavy atom. The Labute approximate surface area is 81.9 Å². The van der Waals surface area contributed by atoms with Crippen LogP contribution in [0.5, 0.6) is 0 Å². The summed E-state index contributed by atoms with van der Waals surface area (Å²) in [5, 5.41) is 2.75. The molecule has 0 aliphatic heterocycles. The van der Waals surface area contributed by atoms with Gasteiger partial charge in [0.15, 0.2) is 0 Å². The van der Waals surface area contributed by atoms with E-state index < -0.39 is 0 Å². The first kappa shape index (κ1) is 14.9. The number of carbonyl (C=O) groups is 1. The summed E-state index contributed by atoms with van der Waals surface area (Å²) >= 11 is 0. The van der Waals surface area contributed by atoms with E-state index in [-0.39, 0.29) is 17.5 Å². The van der Waals surface area contributed by atoms with E-state index in [0.717, 1.165) is 0 Å². The first-order chi connectivity index (χ1) is 5.74. The molecule has 80 valence electrons. The molecule has 0 heterocycles. The lowest BCUT2D eigenvalue weighted by Crippen LogP contribution is -2.26. The van der Waals surface area contributed by atoms with Crippen LogP contribution in [0.2, 0.25) is 0 Å². The van der Waals surface area contributed by atoms with Crippen molar-refractivity contribution in [1.29, 1.82) is 0 Å². The molecule has 13 heavy (non-hydrogen) atoms. The molecule has 0 aromatic heterocycles. The van der Waals surface area contributed by atoms with Gasteiger partial charge < -0.3 is 10.1 Å². The van der Waals surface area contributed by atoms with E-state index in [4.69, 9.17) is 4.74 Å². The van der Waals surface area contributed by atoms with Gasteiger partial charge in [0.05, 0.1) is 5.92 Å². The van der Waals surface area contributed by atoms with Crippen LogP contribution >= 0.6 is 0 Å². The summed E-state index contributed by atoms with van der Waals surface area (Å²) in [5.41, 5.74) is -0.346. The van der Waals surface area contributed by atoms with Gasteiger partial charge in [-0.1, -0.05) is 13.8 Å². The van der Waals surface area contributed by atoms with Crippen LogP contribution in [-0.4, -0.2) is 25.7 Å². The van der Waals surface area contributed by atoms with Crippen LogP contribution in [0.15, 0.2) is 0 Å². The molecular formula is C10H23NO2. The molecular weight excluding hydrogens is 166 g/mol. The van der Waals surface area contributed by atoms with Crippen LogP contribution in [0.3, 0.4) is 0 Å². The summed E-state index contributed by atoms with van der Waals surface area (Å²) in [6.07, 6.45) is 0. The highest BCUT2D eigenvalue weighted by atomic mass is 16.6. The van der Waals surface area contributed by atoms with E-state index in [0.29, 0.717) is 0 Å². The average Bonchev–Trinajstić information content (AvgIpc) is 1.84. The third kappa shape index (κ3) is 14.3. The SMILES string of the molecule is CC(C)C(=O)OC(C)(C)C.CNC. The van der Waals surface area contributed by atoms with Crippen molar-refractivity contribution in [3.8, 4) is 0 Å². The van der Waals surface area contributed by atoms with Crippen LogP contribution in [0.4, 0.5) is 0 Å². The fraction of sp³-hybridized carbons (Fsp3) is 0.900. The van der Waals surface area contributed by atoms with Gasteiger partial charge in [-0.2, -0.15) is 0 Å². The first-order valence-corrected chi connectivity index (χ1v) is 4.56. The van der Waals surface area contributed by atoms with E-state index in [1.165, 1.54) is 0 Å². The van der Waals surface area contributed by atoms with Crippen LogP contribution in [0.25, 0.3) is 0 Å². The Morgan fingerprint density at radius 2 is 1.54 bits per heavy atom. The van der Waals surface area contributed by atoms with Crippen molar-refractivity contribution < 1.29 is 9.53 Å². The van der Waals surface area contributed by atoms with Gasteiger partial charge in [-0.15, -0.1) is 0 Å². The van der Waals surface area contributed by atoms with Gasteiger partial charge in [0.25, 0.3) is 0 Å². The van der Waals surface area contributed by atoms with Crippen LogP contribution in [-0.2, 0) is 9.53 Å². The molecule has 0 aliphatic carbocycles. The lowest BCUT2D eigenvalue weighted by molar-refractivity contribution is -0.158. The molecule has 1 N–H and O–H groups in total. The highest BCUT2D eigenvalue weighted by molar-refractivity contribution is 5.71. The Bertz CT molecular complexity index is 136. The molecule has 0 aromatic rings. The largest absolute Gasteiger partial charge is 0.460 e. The van der Waals surface area contributed by atoms with E-state index in [9.17, 15) is 4.79 Å². The van der Waals surface area contributed by atoms with Gasteiger partial charge in [0.1, 0.15) is 5.60 Å². The summed E-state index contributed by atoms with van der Waals surface area (Å²) in [4.78, 5) is 10.9. The molecule has 0 fully saturated rings. The molecule has 0 radical (unpaired) electrons. The van der Waals surface area contributed by atoms with Gasteiger partial charge in [-0.25, -0.2) is 0 Å². The molecule has 0 bridgehead atoms. The molecule has 0 atom stereocenters. The maximum Gasteiger partial charge on any atom is 0.308 e. The quantitative estimate of drug-likeness (QED) is 0.639. The normalized spacial score (nSPS) is 10.5. The molecule has 0 amide bonds. The van der Waals surface area contributed by atoms with Crippen LogP contribution in [0.1, 0.15) is 34.6 Å². The van der Waals surface area contributed by atoms with E-state index in [2.05, 4.69) is 5.32 Å². The summed E-state index contributed by atoms with van der Waals surface area (Å²) in [6.45, 7) is 9.26. The molecule has 0 rings (SSSR count). The summed E-state index contributed by atoms with van der Waals surface area (Å²) in [5.74, 6) is -0.160. The number of rotatable bonds is 1. The predicted molar refractivity (Wildman–Crippen MR) is 55.7 cm³/mol. The van der Waals surface area contributed by atoms with Crippen LogP contribution < -0.4 is 5.32 Å².